The van der Waals surface area contributed by atoms with Gasteiger partial charge in [-0.1, -0.05) is 18.3 Å². The molecule has 0 atom stereocenters. The predicted octanol–water partition coefficient (Wildman–Crippen LogP) is 1.21. The van der Waals surface area contributed by atoms with Gasteiger partial charge in [0, 0.05) is 0 Å². The Morgan fingerprint density at radius 1 is 1.67 bits per heavy atom. The number of aryl methyl sites for hydroxylation is 1. The maximum Gasteiger partial charge on any atom is 0.440 e. The van der Waals surface area contributed by atoms with E-state index < -0.39 is 5.76 Å². The number of hydrogen-bond donors (Lipinski definition) is 0. The summed E-state index contributed by atoms with van der Waals surface area (Å²) in [5, 5.41) is 0. The number of aromatic nitrogens is 2. The van der Waals surface area contributed by atoms with Crippen LogP contribution in [0, 0.1) is 0 Å². The lowest BCUT2D eigenvalue weighted by atomic mass is 10.3. The molecule has 2 aromatic heterocycles. The minimum Gasteiger partial charge on any atom is -0.395 e. The molecule has 0 spiro atoms. The van der Waals surface area contributed by atoms with Crippen LogP contribution >= 0.6 is 11.3 Å². The van der Waals surface area contributed by atoms with Crippen molar-refractivity contribution in [1.82, 2.24) is 9.97 Å². The molecule has 0 bridgehead atoms. The molecule has 2 aromatic rings. The van der Waals surface area contributed by atoms with Crippen molar-refractivity contribution in [2.24, 2.45) is 0 Å². The molecule has 0 saturated heterocycles. The van der Waals surface area contributed by atoms with E-state index in [4.69, 9.17) is 4.42 Å². The van der Waals surface area contributed by atoms with Crippen LogP contribution in [0.25, 0.3) is 10.4 Å². The van der Waals surface area contributed by atoms with Crippen LogP contribution in [0.2, 0.25) is 0 Å². The van der Waals surface area contributed by atoms with Gasteiger partial charge in [0.1, 0.15) is 5.52 Å². The summed E-state index contributed by atoms with van der Waals surface area (Å²) in [6.45, 7) is 1.93. The van der Waals surface area contributed by atoms with Gasteiger partial charge in [0.05, 0.1) is 11.2 Å². The first kappa shape index (κ1) is 7.42. The summed E-state index contributed by atoms with van der Waals surface area (Å²) in [4.78, 5) is 19.2. The van der Waals surface area contributed by atoms with Gasteiger partial charge in [0.15, 0.2) is 0 Å². The van der Waals surface area contributed by atoms with E-state index in [-0.39, 0.29) is 0 Å². The molecule has 0 amide bonds. The van der Waals surface area contributed by atoms with E-state index in [0.717, 1.165) is 0 Å². The fourth-order valence-corrected chi connectivity index (χ4v) is 1.67. The van der Waals surface area contributed by atoms with Crippen LogP contribution in [0.3, 0.4) is 0 Å². The van der Waals surface area contributed by atoms with Gasteiger partial charge in [-0.05, 0) is 6.42 Å². The summed E-state index contributed by atoms with van der Waals surface area (Å²) in [7, 11) is 0. The van der Waals surface area contributed by atoms with Crippen molar-refractivity contribution in [1.29, 1.82) is 0 Å². The third kappa shape index (κ3) is 1.02. The van der Waals surface area contributed by atoms with Gasteiger partial charge in [-0.15, -0.1) is 0 Å². The molecular formula is C7H6N2O2S. The third-order valence-electron chi connectivity index (χ3n) is 1.55. The van der Waals surface area contributed by atoms with Crippen molar-refractivity contribution < 1.29 is 4.42 Å². The Balaban J connectivity index is 2.89. The zero-order valence-electron chi connectivity index (χ0n) is 6.40. The molecule has 62 valence electrons. The highest BCUT2D eigenvalue weighted by Crippen LogP contribution is 2.17. The molecule has 0 fully saturated rings. The second-order valence-corrected chi connectivity index (χ2v) is 3.09. The van der Waals surface area contributed by atoms with Crippen LogP contribution in [0.1, 0.15) is 12.6 Å². The Kier molecular flexibility index (Phi) is 1.65. The maximum absolute atomic E-state index is 10.9. The first-order chi connectivity index (χ1) is 5.81. The van der Waals surface area contributed by atoms with Gasteiger partial charge in [0.25, 0.3) is 0 Å². The standard InChI is InChI=1S/C7H6N2O2S/c1-2-4-5-6(12-3-8-5)11-7(10)9-4/h3H,2H2,1H3. The number of thiazole rings is 1. The van der Waals surface area contributed by atoms with Gasteiger partial charge in [0.2, 0.25) is 4.90 Å². The van der Waals surface area contributed by atoms with Crippen molar-refractivity contribution >= 4 is 21.8 Å². The zero-order chi connectivity index (χ0) is 8.55. The molecule has 0 aliphatic heterocycles. The molecule has 0 aliphatic carbocycles. The van der Waals surface area contributed by atoms with Gasteiger partial charge < -0.3 is 4.42 Å². The first-order valence-corrected chi connectivity index (χ1v) is 4.42. The average molecular weight is 182 g/mol. The summed E-state index contributed by atoms with van der Waals surface area (Å²) < 4.78 is 4.83. The lowest BCUT2D eigenvalue weighted by Gasteiger charge is -1.92. The summed E-state index contributed by atoms with van der Waals surface area (Å²) in [6.07, 6.45) is 0.700. The number of nitrogens with zero attached hydrogens (tertiary/aromatic N) is 2. The van der Waals surface area contributed by atoms with Crippen molar-refractivity contribution in [3.8, 4) is 0 Å². The van der Waals surface area contributed by atoms with Crippen molar-refractivity contribution in [2.75, 3.05) is 0 Å². The zero-order valence-corrected chi connectivity index (χ0v) is 7.22. The highest BCUT2D eigenvalue weighted by Gasteiger charge is 2.06. The second kappa shape index (κ2) is 2.67. The molecule has 2 heterocycles. The molecule has 0 N–H and O–H groups in total. The topological polar surface area (TPSA) is 56.0 Å². The third-order valence-corrected chi connectivity index (χ3v) is 2.25. The minimum atomic E-state index is -0.538. The molecule has 0 aromatic carbocycles. The fraction of sp³-hybridized carbons (Fsp3) is 0.286. The molecular weight excluding hydrogens is 176 g/mol. The maximum atomic E-state index is 10.9. The van der Waals surface area contributed by atoms with Gasteiger partial charge in [-0.3, -0.25) is 0 Å². The summed E-state index contributed by atoms with van der Waals surface area (Å²) in [5.74, 6) is -0.538. The molecule has 2 rings (SSSR count). The first-order valence-electron chi connectivity index (χ1n) is 3.54. The van der Waals surface area contributed by atoms with Gasteiger partial charge in [-0.25, -0.2) is 9.78 Å². The largest absolute Gasteiger partial charge is 0.440 e. The van der Waals surface area contributed by atoms with Gasteiger partial charge in [-0.2, -0.15) is 4.98 Å². The molecule has 4 nitrogen and oxygen atoms in total. The quantitative estimate of drug-likeness (QED) is 0.665. The van der Waals surface area contributed by atoms with Crippen LogP contribution in [0.4, 0.5) is 0 Å². The van der Waals surface area contributed by atoms with E-state index in [0.29, 0.717) is 22.5 Å². The van der Waals surface area contributed by atoms with Crippen LogP contribution < -0.4 is 5.76 Å². The Labute approximate surface area is 71.9 Å². The molecule has 0 aliphatic rings. The molecule has 5 heteroatoms. The minimum absolute atomic E-state index is 0.538. The van der Waals surface area contributed by atoms with E-state index in [9.17, 15) is 4.79 Å². The SMILES string of the molecule is CCc1nc(=O)oc2scnc12. The average Bonchev–Trinajstić information content (AvgIpc) is 2.50. The van der Waals surface area contributed by atoms with Gasteiger partial charge >= 0.3 is 5.76 Å². The van der Waals surface area contributed by atoms with Crippen molar-refractivity contribution in [3.05, 3.63) is 21.8 Å². The van der Waals surface area contributed by atoms with Crippen molar-refractivity contribution in [2.45, 2.75) is 13.3 Å². The number of rotatable bonds is 1. The summed E-state index contributed by atoms with van der Waals surface area (Å²) >= 11 is 1.31. The molecule has 0 unspecified atom stereocenters. The molecule has 0 radical (unpaired) electrons. The Morgan fingerprint density at radius 3 is 3.25 bits per heavy atom. The highest BCUT2D eigenvalue weighted by molar-refractivity contribution is 7.16. The normalized spacial score (nSPS) is 10.8. The second-order valence-electron chi connectivity index (χ2n) is 2.27. The van der Waals surface area contributed by atoms with Crippen LogP contribution in [-0.4, -0.2) is 9.97 Å². The Hall–Kier alpha value is -1.23. The Bertz CT molecular complexity index is 460. The predicted molar refractivity (Wildman–Crippen MR) is 45.3 cm³/mol. The number of fused-ring (bicyclic) bond motifs is 1. The summed E-state index contributed by atoms with van der Waals surface area (Å²) in [6, 6.07) is 0. The van der Waals surface area contributed by atoms with Crippen molar-refractivity contribution in [3.63, 3.8) is 0 Å². The van der Waals surface area contributed by atoms with Crippen LogP contribution in [0.15, 0.2) is 14.7 Å². The van der Waals surface area contributed by atoms with E-state index >= 15 is 0 Å². The summed E-state index contributed by atoms with van der Waals surface area (Å²) in [5.41, 5.74) is 3.07. The number of hydrogen-bond acceptors (Lipinski definition) is 5. The lowest BCUT2D eigenvalue weighted by Crippen LogP contribution is -2.06. The van der Waals surface area contributed by atoms with E-state index in [1.807, 2.05) is 6.92 Å². The van der Waals surface area contributed by atoms with Crippen LogP contribution in [0.5, 0.6) is 0 Å². The highest BCUT2D eigenvalue weighted by atomic mass is 32.1. The van der Waals surface area contributed by atoms with E-state index in [1.165, 1.54) is 11.3 Å². The molecule has 0 saturated carbocycles. The van der Waals surface area contributed by atoms with E-state index in [2.05, 4.69) is 9.97 Å². The van der Waals surface area contributed by atoms with Crippen LogP contribution in [-0.2, 0) is 6.42 Å². The smallest absolute Gasteiger partial charge is 0.395 e. The molecule has 12 heavy (non-hydrogen) atoms. The Morgan fingerprint density at radius 2 is 2.50 bits per heavy atom. The van der Waals surface area contributed by atoms with E-state index in [1.54, 1.807) is 5.51 Å². The monoisotopic (exact) mass is 182 g/mol. The lowest BCUT2D eigenvalue weighted by molar-refractivity contribution is 0.533. The fourth-order valence-electron chi connectivity index (χ4n) is 1.01.